The molecule has 0 fully saturated rings. The Bertz CT molecular complexity index is 1050. The van der Waals surface area contributed by atoms with E-state index in [0.717, 1.165) is 42.6 Å². The highest BCUT2D eigenvalue weighted by molar-refractivity contribution is 5.41. The SMILES string of the molecule is COc1ccc(OC)c(CN2CCCn3cccc3C2c2cccc(C(F)(F)F)c2)c1. The first-order valence-corrected chi connectivity index (χ1v) is 10.2. The summed E-state index contributed by atoms with van der Waals surface area (Å²) in [5, 5.41) is 0. The molecule has 0 saturated heterocycles. The van der Waals surface area contributed by atoms with Gasteiger partial charge in [-0.05, 0) is 54.4 Å². The summed E-state index contributed by atoms with van der Waals surface area (Å²) in [5.74, 6) is 1.44. The molecule has 0 amide bonds. The molecule has 0 aliphatic carbocycles. The van der Waals surface area contributed by atoms with Gasteiger partial charge in [0.25, 0.3) is 0 Å². The maximum absolute atomic E-state index is 13.4. The maximum atomic E-state index is 13.4. The molecule has 1 atom stereocenters. The first-order valence-electron chi connectivity index (χ1n) is 10.2. The van der Waals surface area contributed by atoms with Gasteiger partial charge in [0.15, 0.2) is 0 Å². The van der Waals surface area contributed by atoms with Crippen molar-refractivity contribution < 1.29 is 22.6 Å². The summed E-state index contributed by atoms with van der Waals surface area (Å²) in [4.78, 5) is 2.21. The Labute approximate surface area is 179 Å². The molecule has 3 aromatic rings. The normalized spacial score (nSPS) is 17.1. The van der Waals surface area contributed by atoms with E-state index in [1.807, 2.05) is 36.5 Å². The van der Waals surface area contributed by atoms with Crippen LogP contribution in [0.1, 0.15) is 34.8 Å². The molecule has 164 valence electrons. The summed E-state index contributed by atoms with van der Waals surface area (Å²) in [6, 6.07) is 14.9. The summed E-state index contributed by atoms with van der Waals surface area (Å²) >= 11 is 0. The number of hydrogen-bond donors (Lipinski definition) is 0. The van der Waals surface area contributed by atoms with E-state index in [2.05, 4.69) is 9.47 Å². The zero-order chi connectivity index (χ0) is 22.0. The molecule has 4 nitrogen and oxygen atoms in total. The number of alkyl halides is 3. The van der Waals surface area contributed by atoms with Crippen LogP contribution in [0.25, 0.3) is 0 Å². The van der Waals surface area contributed by atoms with Crippen molar-refractivity contribution in [3.05, 3.63) is 83.2 Å². The predicted octanol–water partition coefficient (Wildman–Crippen LogP) is 5.52. The van der Waals surface area contributed by atoms with Gasteiger partial charge in [-0.3, -0.25) is 4.90 Å². The molecule has 0 radical (unpaired) electrons. The first kappa shape index (κ1) is 21.3. The minimum Gasteiger partial charge on any atom is -0.497 e. The lowest BCUT2D eigenvalue weighted by molar-refractivity contribution is -0.137. The average Bonchev–Trinajstić information content (AvgIpc) is 3.14. The van der Waals surface area contributed by atoms with Crippen LogP contribution in [0.5, 0.6) is 11.5 Å². The highest BCUT2D eigenvalue weighted by Gasteiger charge is 2.33. The van der Waals surface area contributed by atoms with E-state index in [0.29, 0.717) is 17.9 Å². The van der Waals surface area contributed by atoms with Gasteiger partial charge in [0.2, 0.25) is 0 Å². The predicted molar refractivity (Wildman–Crippen MR) is 112 cm³/mol. The van der Waals surface area contributed by atoms with Gasteiger partial charge >= 0.3 is 6.18 Å². The zero-order valence-electron chi connectivity index (χ0n) is 17.5. The lowest BCUT2D eigenvalue weighted by atomic mass is 9.98. The van der Waals surface area contributed by atoms with Crippen LogP contribution >= 0.6 is 0 Å². The third-order valence-corrected chi connectivity index (χ3v) is 5.74. The van der Waals surface area contributed by atoms with Crippen molar-refractivity contribution in [2.75, 3.05) is 20.8 Å². The Hall–Kier alpha value is -2.93. The van der Waals surface area contributed by atoms with Gasteiger partial charge in [0, 0.05) is 37.1 Å². The summed E-state index contributed by atoms with van der Waals surface area (Å²) in [7, 11) is 3.22. The van der Waals surface area contributed by atoms with Crippen LogP contribution in [0.3, 0.4) is 0 Å². The van der Waals surface area contributed by atoms with E-state index < -0.39 is 11.7 Å². The quantitative estimate of drug-likeness (QED) is 0.533. The molecule has 31 heavy (non-hydrogen) atoms. The van der Waals surface area contributed by atoms with E-state index in [1.54, 1.807) is 20.3 Å². The number of ether oxygens (including phenoxy) is 2. The van der Waals surface area contributed by atoms with Crippen LogP contribution in [0.15, 0.2) is 60.8 Å². The van der Waals surface area contributed by atoms with Gasteiger partial charge in [0.1, 0.15) is 11.5 Å². The number of fused-ring (bicyclic) bond motifs is 1. The molecular formula is C24H25F3N2O2. The summed E-state index contributed by atoms with van der Waals surface area (Å²) in [6.07, 6.45) is -1.50. The Kier molecular flexibility index (Phi) is 5.96. The van der Waals surface area contributed by atoms with E-state index in [9.17, 15) is 13.2 Å². The van der Waals surface area contributed by atoms with E-state index in [4.69, 9.17) is 9.47 Å². The molecule has 1 aliphatic heterocycles. The third-order valence-electron chi connectivity index (χ3n) is 5.74. The number of rotatable bonds is 5. The van der Waals surface area contributed by atoms with Crippen LogP contribution in [0.2, 0.25) is 0 Å². The van der Waals surface area contributed by atoms with Crippen molar-refractivity contribution in [1.29, 1.82) is 0 Å². The van der Waals surface area contributed by atoms with Crippen LogP contribution in [-0.4, -0.2) is 30.2 Å². The number of halogens is 3. The third kappa shape index (κ3) is 4.42. The molecule has 1 aromatic heterocycles. The zero-order valence-corrected chi connectivity index (χ0v) is 17.5. The number of aryl methyl sites for hydroxylation is 1. The average molecular weight is 430 g/mol. The van der Waals surface area contributed by atoms with E-state index in [1.165, 1.54) is 12.1 Å². The van der Waals surface area contributed by atoms with E-state index >= 15 is 0 Å². The minimum absolute atomic E-state index is 0.310. The minimum atomic E-state index is -4.39. The molecule has 2 aromatic carbocycles. The standard InChI is InChI=1S/C24H25F3N2O2/c1-30-20-9-10-22(31-2)18(15-20)16-29-13-5-12-28-11-4-8-21(28)23(29)17-6-3-7-19(14-17)24(25,26)27/h3-4,6-11,14-15,23H,5,12-13,16H2,1-2H3. The molecule has 7 heteroatoms. The van der Waals surface area contributed by atoms with Crippen molar-refractivity contribution >= 4 is 0 Å². The van der Waals surface area contributed by atoms with E-state index in [-0.39, 0.29) is 6.04 Å². The second kappa shape index (κ2) is 8.67. The van der Waals surface area contributed by atoms with Crippen molar-refractivity contribution in [3.63, 3.8) is 0 Å². The summed E-state index contributed by atoms with van der Waals surface area (Å²) in [5.41, 5.74) is 1.90. The smallest absolute Gasteiger partial charge is 0.416 e. The van der Waals surface area contributed by atoms with Crippen LogP contribution in [0.4, 0.5) is 13.2 Å². The van der Waals surface area contributed by atoms with Crippen LogP contribution in [-0.2, 0) is 19.3 Å². The highest BCUT2D eigenvalue weighted by Crippen LogP contribution is 2.37. The largest absolute Gasteiger partial charge is 0.497 e. The molecular weight excluding hydrogens is 405 g/mol. The first-order chi connectivity index (χ1) is 14.9. The number of methoxy groups -OCH3 is 2. The summed E-state index contributed by atoms with van der Waals surface area (Å²) in [6.45, 7) is 2.08. The highest BCUT2D eigenvalue weighted by atomic mass is 19.4. The fourth-order valence-electron chi connectivity index (χ4n) is 4.30. The lowest BCUT2D eigenvalue weighted by Gasteiger charge is -2.31. The Morgan fingerprint density at radius 3 is 2.55 bits per heavy atom. The fraction of sp³-hybridized carbons (Fsp3) is 0.333. The van der Waals surface area contributed by atoms with Crippen molar-refractivity contribution in [2.45, 2.75) is 31.7 Å². The van der Waals surface area contributed by atoms with Crippen molar-refractivity contribution in [2.24, 2.45) is 0 Å². The maximum Gasteiger partial charge on any atom is 0.416 e. The molecule has 1 aliphatic rings. The molecule has 0 bridgehead atoms. The second-order valence-corrected chi connectivity index (χ2v) is 7.65. The molecule has 0 spiro atoms. The molecule has 2 heterocycles. The Morgan fingerprint density at radius 2 is 1.81 bits per heavy atom. The fourth-order valence-corrected chi connectivity index (χ4v) is 4.30. The molecule has 0 N–H and O–H groups in total. The van der Waals surface area contributed by atoms with Gasteiger partial charge in [0.05, 0.1) is 25.8 Å². The van der Waals surface area contributed by atoms with Crippen molar-refractivity contribution in [3.8, 4) is 11.5 Å². The topological polar surface area (TPSA) is 26.6 Å². The van der Waals surface area contributed by atoms with Gasteiger partial charge in [-0.25, -0.2) is 0 Å². The van der Waals surface area contributed by atoms with Gasteiger partial charge in [-0.1, -0.05) is 12.1 Å². The van der Waals surface area contributed by atoms with Gasteiger partial charge < -0.3 is 14.0 Å². The number of benzene rings is 2. The Morgan fingerprint density at radius 1 is 0.968 bits per heavy atom. The van der Waals surface area contributed by atoms with Gasteiger partial charge in [-0.15, -0.1) is 0 Å². The summed E-state index contributed by atoms with van der Waals surface area (Å²) < 4.78 is 53.3. The Balaban J connectivity index is 1.78. The molecule has 0 saturated carbocycles. The molecule has 1 unspecified atom stereocenters. The monoisotopic (exact) mass is 430 g/mol. The number of nitrogens with zero attached hydrogens (tertiary/aromatic N) is 2. The van der Waals surface area contributed by atoms with Crippen LogP contribution in [0, 0.1) is 0 Å². The second-order valence-electron chi connectivity index (χ2n) is 7.65. The van der Waals surface area contributed by atoms with Crippen molar-refractivity contribution in [1.82, 2.24) is 9.47 Å². The molecule has 4 rings (SSSR count). The number of hydrogen-bond acceptors (Lipinski definition) is 3. The number of aromatic nitrogens is 1. The van der Waals surface area contributed by atoms with Gasteiger partial charge in [-0.2, -0.15) is 13.2 Å². The lowest BCUT2D eigenvalue weighted by Crippen LogP contribution is -2.30. The van der Waals surface area contributed by atoms with Crippen LogP contribution < -0.4 is 9.47 Å².